The molecule has 2 rings (SSSR count). The van der Waals surface area contributed by atoms with Gasteiger partial charge < -0.3 is 19.5 Å². The van der Waals surface area contributed by atoms with Crippen LogP contribution < -0.4 is 5.32 Å². The van der Waals surface area contributed by atoms with Gasteiger partial charge in [0.25, 0.3) is 0 Å². The van der Waals surface area contributed by atoms with Crippen molar-refractivity contribution < 1.29 is 28.3 Å². The molecule has 9 heteroatoms. The van der Waals surface area contributed by atoms with Crippen molar-refractivity contribution >= 4 is 19.5 Å². The van der Waals surface area contributed by atoms with Crippen molar-refractivity contribution in [2.24, 2.45) is 0 Å². The Morgan fingerprint density at radius 2 is 1.87 bits per heavy atom. The number of nitrogens with one attached hydrogen (secondary N) is 1. The molecule has 0 spiro atoms. The molecule has 0 unspecified atom stereocenters. The molecule has 30 heavy (non-hydrogen) atoms. The normalized spacial score (nSPS) is 21.2. The molecule has 1 aliphatic rings. The third-order valence-electron chi connectivity index (χ3n) is 5.33. The number of benzene rings is 1. The van der Waals surface area contributed by atoms with E-state index in [1.54, 1.807) is 13.8 Å². The Bertz CT molecular complexity index is 734. The molecule has 8 nitrogen and oxygen atoms in total. The summed E-state index contributed by atoms with van der Waals surface area (Å²) in [4.78, 5) is 26.1. The molecular weight excluding hydrogens is 407 g/mol. The number of piperidine rings is 1. The number of likely N-dealkylation sites (tertiary alicyclic amines) is 1. The standard InChI is InChI=1S/C21H33N2O6P/c1-4-28-30(27,29-5-2)14-13-23-12-11-18(17-9-7-6-8-10-17)15-19(23)20(24)22-16(3)21(25)26/h6-10,16,18-19H,4-5,11-15H2,1-3H3,(H,22,24)(H,25,26)/t16-,18-,19+/m0/s1. The van der Waals surface area contributed by atoms with E-state index in [0.717, 1.165) is 12.0 Å². The quantitative estimate of drug-likeness (QED) is 0.510. The summed E-state index contributed by atoms with van der Waals surface area (Å²) in [5.74, 6) is -1.21. The van der Waals surface area contributed by atoms with Crippen LogP contribution in [0, 0.1) is 0 Å². The van der Waals surface area contributed by atoms with E-state index >= 15 is 0 Å². The van der Waals surface area contributed by atoms with Crippen LogP contribution in [-0.4, -0.2) is 66.4 Å². The first-order valence-corrected chi connectivity index (χ1v) is 12.2. The molecule has 1 heterocycles. The summed E-state index contributed by atoms with van der Waals surface area (Å²) in [7, 11) is -3.23. The zero-order valence-electron chi connectivity index (χ0n) is 18.0. The van der Waals surface area contributed by atoms with Gasteiger partial charge in [-0.05, 0) is 51.6 Å². The molecule has 168 valence electrons. The van der Waals surface area contributed by atoms with Gasteiger partial charge in [0, 0.05) is 6.54 Å². The van der Waals surface area contributed by atoms with Gasteiger partial charge in [0.05, 0.1) is 25.4 Å². The summed E-state index contributed by atoms with van der Waals surface area (Å²) in [6, 6.07) is 8.52. The van der Waals surface area contributed by atoms with Crippen LogP contribution in [0.2, 0.25) is 0 Å². The van der Waals surface area contributed by atoms with E-state index in [2.05, 4.69) is 5.32 Å². The third-order valence-corrected chi connectivity index (χ3v) is 7.38. The zero-order chi connectivity index (χ0) is 22.1. The van der Waals surface area contributed by atoms with E-state index in [-0.39, 0.29) is 31.2 Å². The molecule has 1 aromatic carbocycles. The van der Waals surface area contributed by atoms with E-state index in [1.807, 2.05) is 35.2 Å². The van der Waals surface area contributed by atoms with Gasteiger partial charge in [0.2, 0.25) is 5.91 Å². The maximum absolute atomic E-state index is 12.9. The Kier molecular flexibility index (Phi) is 9.49. The number of hydrogen-bond acceptors (Lipinski definition) is 6. The number of rotatable bonds is 11. The average Bonchev–Trinajstić information content (AvgIpc) is 2.73. The first kappa shape index (κ1) is 24.5. The lowest BCUT2D eigenvalue weighted by molar-refractivity contribution is -0.142. The fraction of sp³-hybridized carbons (Fsp3) is 0.619. The van der Waals surface area contributed by atoms with Gasteiger partial charge in [0.15, 0.2) is 0 Å². The zero-order valence-corrected chi connectivity index (χ0v) is 18.8. The number of nitrogens with zero attached hydrogens (tertiary/aromatic N) is 1. The summed E-state index contributed by atoms with van der Waals surface area (Å²) < 4.78 is 23.6. The van der Waals surface area contributed by atoms with Gasteiger partial charge in [0.1, 0.15) is 6.04 Å². The molecule has 0 bridgehead atoms. The summed E-state index contributed by atoms with van der Waals surface area (Å²) in [5.41, 5.74) is 1.16. The Morgan fingerprint density at radius 3 is 2.43 bits per heavy atom. The molecule has 0 aliphatic carbocycles. The maximum atomic E-state index is 12.9. The largest absolute Gasteiger partial charge is 0.480 e. The highest BCUT2D eigenvalue weighted by molar-refractivity contribution is 7.53. The predicted molar refractivity (Wildman–Crippen MR) is 115 cm³/mol. The number of carbonyl (C=O) groups is 2. The van der Waals surface area contributed by atoms with Gasteiger partial charge in [-0.2, -0.15) is 0 Å². The van der Waals surface area contributed by atoms with Gasteiger partial charge >= 0.3 is 13.6 Å². The summed E-state index contributed by atoms with van der Waals surface area (Å²) in [6.07, 6.45) is 1.61. The lowest BCUT2D eigenvalue weighted by atomic mass is 9.85. The summed E-state index contributed by atoms with van der Waals surface area (Å²) in [5, 5.41) is 11.7. The van der Waals surface area contributed by atoms with Crippen LogP contribution in [-0.2, 0) is 23.2 Å². The molecule has 0 aromatic heterocycles. The molecule has 0 saturated carbocycles. The Balaban J connectivity index is 2.14. The minimum atomic E-state index is -3.23. The number of carbonyl (C=O) groups excluding carboxylic acids is 1. The second kappa shape index (κ2) is 11.6. The molecule has 1 fully saturated rings. The molecule has 2 N–H and O–H groups in total. The van der Waals surface area contributed by atoms with Crippen molar-refractivity contribution in [3.63, 3.8) is 0 Å². The van der Waals surface area contributed by atoms with E-state index in [9.17, 15) is 14.2 Å². The maximum Gasteiger partial charge on any atom is 0.331 e. The van der Waals surface area contributed by atoms with Gasteiger partial charge in [-0.15, -0.1) is 0 Å². The lowest BCUT2D eigenvalue weighted by Gasteiger charge is -2.39. The van der Waals surface area contributed by atoms with Crippen molar-refractivity contribution in [3.05, 3.63) is 35.9 Å². The van der Waals surface area contributed by atoms with E-state index in [1.165, 1.54) is 6.92 Å². The van der Waals surface area contributed by atoms with Crippen molar-refractivity contribution in [1.82, 2.24) is 10.2 Å². The molecule has 1 aliphatic heterocycles. The second-order valence-electron chi connectivity index (χ2n) is 7.42. The Labute approximate surface area is 178 Å². The number of hydrogen-bond donors (Lipinski definition) is 2. The Hall–Kier alpha value is -1.73. The molecular formula is C21H33N2O6P. The van der Waals surface area contributed by atoms with Crippen molar-refractivity contribution in [3.8, 4) is 0 Å². The van der Waals surface area contributed by atoms with Crippen LogP contribution in [0.25, 0.3) is 0 Å². The first-order chi connectivity index (χ1) is 14.3. The van der Waals surface area contributed by atoms with Crippen LogP contribution in [0.5, 0.6) is 0 Å². The fourth-order valence-electron chi connectivity index (χ4n) is 3.76. The van der Waals surface area contributed by atoms with E-state index in [0.29, 0.717) is 19.5 Å². The smallest absolute Gasteiger partial charge is 0.331 e. The molecule has 1 aromatic rings. The topological polar surface area (TPSA) is 105 Å². The van der Waals surface area contributed by atoms with Crippen LogP contribution in [0.3, 0.4) is 0 Å². The number of amides is 1. The summed E-state index contributed by atoms with van der Waals surface area (Å²) >= 11 is 0. The van der Waals surface area contributed by atoms with Crippen LogP contribution >= 0.6 is 7.60 Å². The second-order valence-corrected chi connectivity index (χ2v) is 9.61. The fourth-order valence-corrected chi connectivity index (χ4v) is 5.39. The van der Waals surface area contributed by atoms with Crippen molar-refractivity contribution in [2.75, 3.05) is 32.5 Å². The predicted octanol–water partition coefficient (Wildman–Crippen LogP) is 3.09. The SMILES string of the molecule is CCOP(=O)(CCN1CC[C@H](c2ccccc2)C[C@@H]1C(=O)N[C@@H](C)C(=O)O)OCC. The Morgan fingerprint density at radius 1 is 1.23 bits per heavy atom. The number of carboxylic acid groups (broad SMARTS) is 1. The number of aliphatic carboxylic acids is 1. The van der Waals surface area contributed by atoms with Crippen molar-refractivity contribution in [1.29, 1.82) is 0 Å². The van der Waals surface area contributed by atoms with Crippen LogP contribution in [0.4, 0.5) is 0 Å². The molecule has 0 radical (unpaired) electrons. The lowest BCUT2D eigenvalue weighted by Crippen LogP contribution is -2.54. The van der Waals surface area contributed by atoms with E-state index in [4.69, 9.17) is 14.2 Å². The monoisotopic (exact) mass is 440 g/mol. The van der Waals surface area contributed by atoms with Gasteiger partial charge in [-0.3, -0.25) is 19.1 Å². The minimum Gasteiger partial charge on any atom is -0.480 e. The van der Waals surface area contributed by atoms with Gasteiger partial charge in [-0.25, -0.2) is 0 Å². The molecule has 1 amide bonds. The average molecular weight is 440 g/mol. The first-order valence-electron chi connectivity index (χ1n) is 10.5. The van der Waals surface area contributed by atoms with Crippen LogP contribution in [0.15, 0.2) is 30.3 Å². The highest BCUT2D eigenvalue weighted by Crippen LogP contribution is 2.48. The minimum absolute atomic E-state index is 0.183. The van der Waals surface area contributed by atoms with E-state index < -0.39 is 25.6 Å². The summed E-state index contributed by atoms with van der Waals surface area (Å²) in [6.45, 7) is 6.55. The number of carboxylic acids is 1. The third kappa shape index (κ3) is 6.91. The highest BCUT2D eigenvalue weighted by atomic mass is 31.2. The molecule has 3 atom stereocenters. The molecule has 1 saturated heterocycles. The van der Waals surface area contributed by atoms with Gasteiger partial charge in [-0.1, -0.05) is 30.3 Å². The van der Waals surface area contributed by atoms with Crippen molar-refractivity contribution in [2.45, 2.75) is 51.6 Å². The van der Waals surface area contributed by atoms with Crippen LogP contribution in [0.1, 0.15) is 45.1 Å². The highest BCUT2D eigenvalue weighted by Gasteiger charge is 2.36.